The van der Waals surface area contributed by atoms with Gasteiger partial charge in [-0.1, -0.05) is 31.9 Å². The Morgan fingerprint density at radius 2 is 1.70 bits per heavy atom. The van der Waals surface area contributed by atoms with E-state index < -0.39 is 15.9 Å². The van der Waals surface area contributed by atoms with Gasteiger partial charge in [-0.05, 0) is 81.9 Å². The number of carbonyl (C=O) groups excluding carboxylic acids is 1. The third-order valence-corrected chi connectivity index (χ3v) is 6.83. The fourth-order valence-electron chi connectivity index (χ4n) is 3.53. The molecule has 3 aromatic rings. The normalized spacial score (nSPS) is 11.9. The summed E-state index contributed by atoms with van der Waals surface area (Å²) in [4.78, 5) is 21.1. The maximum Gasteiger partial charge on any atom is 0.264 e. The molecule has 3 rings (SSSR count). The minimum absolute atomic E-state index is 0.00705. The van der Waals surface area contributed by atoms with Crippen LogP contribution in [0.3, 0.4) is 0 Å². The number of carbonyl (C=O) groups is 1. The number of aromatic nitrogens is 2. The highest BCUT2D eigenvalue weighted by molar-refractivity contribution is 7.92. The van der Waals surface area contributed by atoms with E-state index in [0.29, 0.717) is 28.4 Å². The highest BCUT2D eigenvalue weighted by Crippen LogP contribution is 2.21. The van der Waals surface area contributed by atoms with Crippen molar-refractivity contribution in [3.05, 3.63) is 71.5 Å². The van der Waals surface area contributed by atoms with Gasteiger partial charge in [0.1, 0.15) is 5.75 Å². The summed E-state index contributed by atoms with van der Waals surface area (Å²) in [6, 6.07) is 14.7. The molecule has 1 unspecified atom stereocenters. The Morgan fingerprint density at radius 1 is 1.05 bits per heavy atom. The predicted octanol–water partition coefficient (Wildman–Crippen LogP) is 4.98. The molecule has 0 saturated carbocycles. The predicted molar refractivity (Wildman–Crippen MR) is 149 cm³/mol. The van der Waals surface area contributed by atoms with Gasteiger partial charge in [-0.3, -0.25) is 10.1 Å². The maximum atomic E-state index is 12.9. The molecule has 0 spiro atoms. The summed E-state index contributed by atoms with van der Waals surface area (Å²) in [6.45, 7) is 7.61. The zero-order valence-electron chi connectivity index (χ0n) is 21.2. The molecule has 1 amide bonds. The van der Waals surface area contributed by atoms with Gasteiger partial charge in [-0.15, -0.1) is 0 Å². The average Bonchev–Trinajstić information content (AvgIpc) is 2.82. The Labute approximate surface area is 223 Å². The van der Waals surface area contributed by atoms with Crippen molar-refractivity contribution < 1.29 is 17.9 Å². The second-order valence-corrected chi connectivity index (χ2v) is 10.7. The summed E-state index contributed by atoms with van der Waals surface area (Å²) in [5.74, 6) is 0.0847. The van der Waals surface area contributed by atoms with Crippen molar-refractivity contribution in [2.45, 2.75) is 58.0 Å². The van der Waals surface area contributed by atoms with Crippen LogP contribution in [0.5, 0.6) is 5.75 Å². The smallest absolute Gasteiger partial charge is 0.264 e. The van der Waals surface area contributed by atoms with Crippen molar-refractivity contribution in [3.63, 3.8) is 0 Å². The molecule has 3 N–H and O–H groups in total. The van der Waals surface area contributed by atoms with E-state index in [2.05, 4.69) is 32.2 Å². The van der Waals surface area contributed by atoms with Crippen molar-refractivity contribution in [2.75, 3.05) is 10.0 Å². The molecule has 0 bridgehead atoms. The van der Waals surface area contributed by atoms with Crippen LogP contribution in [0.15, 0.2) is 59.5 Å². The van der Waals surface area contributed by atoms with Gasteiger partial charge >= 0.3 is 0 Å². The van der Waals surface area contributed by atoms with Crippen LogP contribution < -0.4 is 20.1 Å². The first-order valence-corrected chi connectivity index (χ1v) is 13.8. The number of amides is 1. The third kappa shape index (κ3) is 8.22. The van der Waals surface area contributed by atoms with Crippen molar-refractivity contribution >= 4 is 44.9 Å². The number of anilines is 2. The molecule has 0 radical (unpaired) electrons. The maximum absolute atomic E-state index is 12.9. The molecule has 0 saturated heterocycles. The van der Waals surface area contributed by atoms with Gasteiger partial charge < -0.3 is 10.1 Å². The topological polar surface area (TPSA) is 122 Å². The van der Waals surface area contributed by atoms with Crippen LogP contribution in [-0.2, 0) is 10.0 Å². The molecule has 0 aliphatic heterocycles. The minimum atomic E-state index is -3.89. The molecule has 0 fully saturated rings. The SMILES string of the molecule is CCCCC(C)Oc1ccccc1C(=O)NC(=S)Nc1ccc(S(=O)(=O)Nc2nc(C)cc(C)n2)cc1. The lowest BCUT2D eigenvalue weighted by Crippen LogP contribution is -2.34. The van der Waals surface area contributed by atoms with Crippen molar-refractivity contribution in [1.29, 1.82) is 0 Å². The number of hydrogen-bond donors (Lipinski definition) is 3. The summed E-state index contributed by atoms with van der Waals surface area (Å²) in [5, 5.41) is 5.60. The number of unbranched alkanes of at least 4 members (excludes halogenated alkanes) is 1. The third-order valence-electron chi connectivity index (χ3n) is 5.28. The summed E-state index contributed by atoms with van der Waals surface area (Å²) in [5.41, 5.74) is 2.18. The van der Waals surface area contributed by atoms with Crippen molar-refractivity contribution in [2.24, 2.45) is 0 Å². The molecule has 0 aliphatic carbocycles. The quantitative estimate of drug-likeness (QED) is 0.307. The number of hydrogen-bond acceptors (Lipinski definition) is 7. The summed E-state index contributed by atoms with van der Waals surface area (Å²) < 4.78 is 33.8. The molecule has 11 heteroatoms. The number of nitrogens with one attached hydrogen (secondary N) is 3. The average molecular weight is 542 g/mol. The van der Waals surface area contributed by atoms with E-state index in [4.69, 9.17) is 17.0 Å². The van der Waals surface area contributed by atoms with Gasteiger partial charge in [0.25, 0.3) is 15.9 Å². The Hall–Kier alpha value is -3.57. The zero-order valence-corrected chi connectivity index (χ0v) is 22.9. The van der Waals surface area contributed by atoms with Gasteiger partial charge in [-0.2, -0.15) is 0 Å². The Morgan fingerprint density at radius 3 is 2.35 bits per heavy atom. The number of aryl methyl sites for hydroxylation is 2. The van der Waals surface area contributed by atoms with Crippen LogP contribution >= 0.6 is 12.2 Å². The molecular weight excluding hydrogens is 510 g/mol. The standard InChI is InChI=1S/C26H31N5O4S2/c1-5-6-9-19(4)35-23-11-8-7-10-22(23)24(32)30-26(36)29-20-12-14-21(15-13-20)37(33,34)31-25-27-17(2)16-18(3)28-25/h7-8,10-16,19H,5-6,9H2,1-4H3,(H,27,28,31)(H2,29,30,32,36). The number of sulfonamides is 1. The number of rotatable bonds is 10. The van der Waals surface area contributed by atoms with Crippen LogP contribution in [0.1, 0.15) is 54.9 Å². The van der Waals surface area contributed by atoms with Crippen LogP contribution in [0.25, 0.3) is 0 Å². The zero-order chi connectivity index (χ0) is 27.0. The van der Waals surface area contributed by atoms with Crippen LogP contribution in [0.2, 0.25) is 0 Å². The minimum Gasteiger partial charge on any atom is -0.490 e. The van der Waals surface area contributed by atoms with E-state index in [1.165, 1.54) is 12.1 Å². The largest absolute Gasteiger partial charge is 0.490 e. The Kier molecular flexibility index (Phi) is 9.54. The molecule has 37 heavy (non-hydrogen) atoms. The first-order valence-electron chi connectivity index (χ1n) is 11.9. The van der Waals surface area contributed by atoms with E-state index in [-0.39, 0.29) is 22.1 Å². The molecular formula is C26H31N5O4S2. The number of thiocarbonyl (C=S) groups is 1. The molecule has 0 aliphatic rings. The second kappa shape index (κ2) is 12.6. The van der Waals surface area contributed by atoms with Gasteiger partial charge in [0.05, 0.1) is 16.6 Å². The monoisotopic (exact) mass is 541 g/mol. The lowest BCUT2D eigenvalue weighted by Gasteiger charge is -2.17. The van der Waals surface area contributed by atoms with Gasteiger partial charge in [0, 0.05) is 17.1 Å². The Bertz CT molecular complexity index is 1340. The number of benzene rings is 2. The molecule has 2 aromatic carbocycles. The lowest BCUT2D eigenvalue weighted by atomic mass is 10.1. The highest BCUT2D eigenvalue weighted by atomic mass is 32.2. The van der Waals surface area contributed by atoms with Crippen LogP contribution in [0, 0.1) is 13.8 Å². The highest BCUT2D eigenvalue weighted by Gasteiger charge is 2.18. The lowest BCUT2D eigenvalue weighted by molar-refractivity contribution is 0.0970. The van der Waals surface area contributed by atoms with E-state index in [9.17, 15) is 13.2 Å². The number of nitrogens with zero attached hydrogens (tertiary/aromatic N) is 2. The van der Waals surface area contributed by atoms with Crippen molar-refractivity contribution in [1.82, 2.24) is 15.3 Å². The summed E-state index contributed by atoms with van der Waals surface area (Å²) >= 11 is 5.29. The van der Waals surface area contributed by atoms with Crippen LogP contribution in [-0.4, -0.2) is 35.5 Å². The van der Waals surface area contributed by atoms with Gasteiger partial charge in [-0.25, -0.2) is 23.1 Å². The fraction of sp³-hybridized carbons (Fsp3) is 0.308. The van der Waals surface area contributed by atoms with E-state index in [1.807, 2.05) is 13.0 Å². The van der Waals surface area contributed by atoms with E-state index >= 15 is 0 Å². The molecule has 196 valence electrons. The number of para-hydroxylation sites is 1. The molecule has 1 heterocycles. The fourth-order valence-corrected chi connectivity index (χ4v) is 4.68. The first kappa shape index (κ1) is 28.0. The molecule has 9 nitrogen and oxygen atoms in total. The van der Waals surface area contributed by atoms with E-state index in [1.54, 1.807) is 50.2 Å². The van der Waals surface area contributed by atoms with Gasteiger partial charge in [0.2, 0.25) is 5.95 Å². The summed E-state index contributed by atoms with van der Waals surface area (Å²) in [7, 11) is -3.89. The van der Waals surface area contributed by atoms with E-state index in [0.717, 1.165) is 19.3 Å². The van der Waals surface area contributed by atoms with Crippen LogP contribution in [0.4, 0.5) is 11.6 Å². The number of ether oxygens (including phenoxy) is 1. The first-order chi connectivity index (χ1) is 17.6. The molecule has 1 aromatic heterocycles. The second-order valence-electron chi connectivity index (χ2n) is 8.58. The Balaban J connectivity index is 1.62. The van der Waals surface area contributed by atoms with Gasteiger partial charge in [0.15, 0.2) is 5.11 Å². The van der Waals surface area contributed by atoms with Crippen molar-refractivity contribution in [3.8, 4) is 5.75 Å². The summed E-state index contributed by atoms with van der Waals surface area (Å²) in [6.07, 6.45) is 2.98. The molecule has 1 atom stereocenters.